The van der Waals surface area contributed by atoms with E-state index in [-0.39, 0.29) is 24.2 Å². The highest BCUT2D eigenvalue weighted by Crippen LogP contribution is 2.07. The number of rotatable bonds is 5. The Kier molecular flexibility index (Phi) is 5.05. The molecule has 1 amide bonds. The second-order valence-corrected chi connectivity index (χ2v) is 4.21. The monoisotopic (exact) mass is 214 g/mol. The van der Waals surface area contributed by atoms with E-state index in [1.54, 1.807) is 0 Å². The van der Waals surface area contributed by atoms with Crippen LogP contribution in [0.4, 0.5) is 0 Å². The molecule has 0 radical (unpaired) electrons. The van der Waals surface area contributed by atoms with Gasteiger partial charge in [-0.05, 0) is 33.2 Å². The normalized spacial score (nSPS) is 24.9. The van der Waals surface area contributed by atoms with Gasteiger partial charge in [0.15, 0.2) is 0 Å². The van der Waals surface area contributed by atoms with Gasteiger partial charge in [-0.2, -0.15) is 0 Å². The quantitative estimate of drug-likeness (QED) is 0.707. The van der Waals surface area contributed by atoms with Crippen LogP contribution in [-0.2, 0) is 9.53 Å². The molecule has 1 aliphatic heterocycles. The van der Waals surface area contributed by atoms with Gasteiger partial charge in [-0.3, -0.25) is 4.79 Å². The molecule has 1 aliphatic rings. The maximum atomic E-state index is 11.6. The first-order valence-electron chi connectivity index (χ1n) is 5.80. The van der Waals surface area contributed by atoms with Crippen LogP contribution in [0.5, 0.6) is 0 Å². The standard InChI is InChI=1S/C11H22N2O2/c1-4-8(2)13-11(14)9(3)15-10-5-6-12-7-10/h8-10,12H,4-7H2,1-3H3,(H,13,14). The first kappa shape index (κ1) is 12.5. The van der Waals surface area contributed by atoms with Gasteiger partial charge >= 0.3 is 0 Å². The van der Waals surface area contributed by atoms with Gasteiger partial charge in [0.25, 0.3) is 0 Å². The van der Waals surface area contributed by atoms with Gasteiger partial charge in [0.1, 0.15) is 6.10 Å². The second kappa shape index (κ2) is 6.08. The van der Waals surface area contributed by atoms with Crippen molar-refractivity contribution in [3.63, 3.8) is 0 Å². The molecule has 4 nitrogen and oxygen atoms in total. The third-order valence-corrected chi connectivity index (χ3v) is 2.78. The molecule has 2 N–H and O–H groups in total. The zero-order chi connectivity index (χ0) is 11.3. The maximum Gasteiger partial charge on any atom is 0.249 e. The lowest BCUT2D eigenvalue weighted by Crippen LogP contribution is -2.41. The third kappa shape index (κ3) is 4.18. The molecule has 0 aromatic heterocycles. The summed E-state index contributed by atoms with van der Waals surface area (Å²) in [5.41, 5.74) is 0. The number of carbonyl (C=O) groups excluding carboxylic acids is 1. The molecule has 0 aliphatic carbocycles. The zero-order valence-electron chi connectivity index (χ0n) is 9.88. The predicted octanol–water partition coefficient (Wildman–Crippen LogP) is 0.668. The molecule has 0 saturated carbocycles. The van der Waals surface area contributed by atoms with Crippen LogP contribution in [0, 0.1) is 0 Å². The van der Waals surface area contributed by atoms with E-state index in [0.29, 0.717) is 0 Å². The Morgan fingerprint density at radius 1 is 1.60 bits per heavy atom. The molecule has 0 spiro atoms. The second-order valence-electron chi connectivity index (χ2n) is 4.21. The molecule has 3 unspecified atom stereocenters. The van der Waals surface area contributed by atoms with Gasteiger partial charge < -0.3 is 15.4 Å². The Labute approximate surface area is 91.8 Å². The van der Waals surface area contributed by atoms with Gasteiger partial charge in [0, 0.05) is 12.6 Å². The Balaban J connectivity index is 2.25. The molecular formula is C11H22N2O2. The van der Waals surface area contributed by atoms with Crippen molar-refractivity contribution >= 4 is 5.91 Å². The summed E-state index contributed by atoms with van der Waals surface area (Å²) in [4.78, 5) is 11.6. The van der Waals surface area contributed by atoms with Gasteiger partial charge in [-0.1, -0.05) is 6.92 Å². The van der Waals surface area contributed by atoms with Gasteiger partial charge in [-0.15, -0.1) is 0 Å². The van der Waals surface area contributed by atoms with Gasteiger partial charge in [-0.25, -0.2) is 0 Å². The fraction of sp³-hybridized carbons (Fsp3) is 0.909. The van der Waals surface area contributed by atoms with Crippen molar-refractivity contribution in [1.29, 1.82) is 0 Å². The fourth-order valence-electron chi connectivity index (χ4n) is 1.56. The number of carbonyl (C=O) groups is 1. The minimum atomic E-state index is -0.344. The SMILES string of the molecule is CCC(C)NC(=O)C(C)OC1CCNC1. The summed E-state index contributed by atoms with van der Waals surface area (Å²) in [5.74, 6) is -0.00347. The summed E-state index contributed by atoms with van der Waals surface area (Å²) in [6.45, 7) is 7.72. The van der Waals surface area contributed by atoms with Crippen LogP contribution in [0.1, 0.15) is 33.6 Å². The van der Waals surface area contributed by atoms with E-state index >= 15 is 0 Å². The first-order valence-corrected chi connectivity index (χ1v) is 5.80. The average molecular weight is 214 g/mol. The molecule has 0 bridgehead atoms. The summed E-state index contributed by atoms with van der Waals surface area (Å²) >= 11 is 0. The van der Waals surface area contributed by atoms with Crippen molar-refractivity contribution in [3.8, 4) is 0 Å². The molecule has 1 fully saturated rings. The highest BCUT2D eigenvalue weighted by molar-refractivity contribution is 5.80. The molecule has 1 saturated heterocycles. The van der Waals surface area contributed by atoms with E-state index in [2.05, 4.69) is 17.6 Å². The van der Waals surface area contributed by atoms with Gasteiger partial charge in [0.05, 0.1) is 6.10 Å². The minimum absolute atomic E-state index is 0.00347. The van der Waals surface area contributed by atoms with Crippen LogP contribution in [0.25, 0.3) is 0 Å². The van der Waals surface area contributed by atoms with Crippen molar-refractivity contribution in [3.05, 3.63) is 0 Å². The lowest BCUT2D eigenvalue weighted by atomic mass is 10.2. The van der Waals surface area contributed by atoms with E-state index in [1.807, 2.05) is 13.8 Å². The first-order chi connectivity index (χ1) is 7.13. The van der Waals surface area contributed by atoms with E-state index < -0.39 is 0 Å². The fourth-order valence-corrected chi connectivity index (χ4v) is 1.56. The summed E-state index contributed by atoms with van der Waals surface area (Å²) in [7, 11) is 0. The average Bonchev–Trinajstić information content (AvgIpc) is 2.70. The number of nitrogens with one attached hydrogen (secondary N) is 2. The topological polar surface area (TPSA) is 50.4 Å². The highest BCUT2D eigenvalue weighted by Gasteiger charge is 2.22. The van der Waals surface area contributed by atoms with Crippen molar-refractivity contribution in [2.75, 3.05) is 13.1 Å². The molecule has 4 heteroatoms. The van der Waals surface area contributed by atoms with Crippen LogP contribution < -0.4 is 10.6 Å². The van der Waals surface area contributed by atoms with Crippen LogP contribution in [0.15, 0.2) is 0 Å². The Bertz CT molecular complexity index is 203. The van der Waals surface area contributed by atoms with Crippen molar-refractivity contribution < 1.29 is 9.53 Å². The molecule has 3 atom stereocenters. The number of hydrogen-bond donors (Lipinski definition) is 2. The molecule has 88 valence electrons. The Hall–Kier alpha value is -0.610. The number of hydrogen-bond acceptors (Lipinski definition) is 3. The molecular weight excluding hydrogens is 192 g/mol. The van der Waals surface area contributed by atoms with Crippen molar-refractivity contribution in [1.82, 2.24) is 10.6 Å². The highest BCUT2D eigenvalue weighted by atomic mass is 16.5. The summed E-state index contributed by atoms with van der Waals surface area (Å²) in [5, 5.41) is 6.13. The van der Waals surface area contributed by atoms with Crippen LogP contribution in [0.3, 0.4) is 0 Å². The summed E-state index contributed by atoms with van der Waals surface area (Å²) in [6, 6.07) is 0.227. The number of ether oxygens (including phenoxy) is 1. The molecule has 1 heterocycles. The van der Waals surface area contributed by atoms with E-state index in [4.69, 9.17) is 4.74 Å². The largest absolute Gasteiger partial charge is 0.364 e. The van der Waals surface area contributed by atoms with E-state index in [9.17, 15) is 4.79 Å². The smallest absolute Gasteiger partial charge is 0.249 e. The maximum absolute atomic E-state index is 11.6. The van der Waals surface area contributed by atoms with Crippen molar-refractivity contribution in [2.24, 2.45) is 0 Å². The number of amides is 1. The summed E-state index contributed by atoms with van der Waals surface area (Å²) < 4.78 is 5.64. The van der Waals surface area contributed by atoms with E-state index in [1.165, 1.54) is 0 Å². The lowest BCUT2D eigenvalue weighted by molar-refractivity contribution is -0.135. The van der Waals surface area contributed by atoms with Gasteiger partial charge in [0.2, 0.25) is 5.91 Å². The van der Waals surface area contributed by atoms with Crippen molar-refractivity contribution in [2.45, 2.75) is 51.9 Å². The zero-order valence-corrected chi connectivity index (χ0v) is 9.88. The minimum Gasteiger partial charge on any atom is -0.364 e. The van der Waals surface area contributed by atoms with Crippen LogP contribution in [0.2, 0.25) is 0 Å². The molecule has 0 aromatic carbocycles. The molecule has 1 rings (SSSR count). The Morgan fingerprint density at radius 3 is 2.87 bits per heavy atom. The molecule has 0 aromatic rings. The van der Waals surface area contributed by atoms with Crippen LogP contribution in [-0.4, -0.2) is 37.2 Å². The summed E-state index contributed by atoms with van der Waals surface area (Å²) in [6.07, 6.45) is 1.80. The third-order valence-electron chi connectivity index (χ3n) is 2.78. The lowest BCUT2D eigenvalue weighted by Gasteiger charge is -2.19. The van der Waals surface area contributed by atoms with Crippen LogP contribution >= 0.6 is 0 Å². The van der Waals surface area contributed by atoms with E-state index in [0.717, 1.165) is 25.9 Å². The predicted molar refractivity (Wildman–Crippen MR) is 59.7 cm³/mol. The Morgan fingerprint density at radius 2 is 2.33 bits per heavy atom. The molecule has 15 heavy (non-hydrogen) atoms.